The van der Waals surface area contributed by atoms with Crippen molar-refractivity contribution in [3.63, 3.8) is 0 Å². The van der Waals surface area contributed by atoms with Gasteiger partial charge in [0, 0.05) is 10.8 Å². The highest BCUT2D eigenvalue weighted by Gasteiger charge is 2.20. The Bertz CT molecular complexity index is 960. The third-order valence-electron chi connectivity index (χ3n) is 3.63. The van der Waals surface area contributed by atoms with Crippen LogP contribution in [0.15, 0.2) is 81.2 Å². The number of thioether (sulfide) groups is 1. The summed E-state index contributed by atoms with van der Waals surface area (Å²) < 4.78 is 12.0. The maximum Gasteiger partial charge on any atom is 0.142 e. The van der Waals surface area contributed by atoms with Crippen molar-refractivity contribution in [1.82, 2.24) is 0 Å². The van der Waals surface area contributed by atoms with E-state index in [4.69, 9.17) is 9.15 Å². The van der Waals surface area contributed by atoms with Crippen molar-refractivity contribution in [1.29, 1.82) is 0 Å². The van der Waals surface area contributed by atoms with Crippen LogP contribution in [0.3, 0.4) is 0 Å². The van der Waals surface area contributed by atoms with Gasteiger partial charge in [0.25, 0.3) is 0 Å². The summed E-state index contributed by atoms with van der Waals surface area (Å²) in [6.07, 6.45) is 5.79. The molecule has 0 unspecified atom stereocenters. The molecular formula is C19H14O2S. The van der Waals surface area contributed by atoms with Gasteiger partial charge in [0.1, 0.15) is 22.7 Å². The second kappa shape index (κ2) is 5.11. The molecule has 0 saturated heterocycles. The Morgan fingerprint density at radius 3 is 2.77 bits per heavy atom. The summed E-state index contributed by atoms with van der Waals surface area (Å²) in [5.41, 5.74) is 1.79. The molecule has 0 amide bonds. The molecule has 0 aliphatic carbocycles. The van der Waals surface area contributed by atoms with E-state index < -0.39 is 0 Å². The quantitative estimate of drug-likeness (QED) is 0.576. The van der Waals surface area contributed by atoms with E-state index in [1.54, 1.807) is 17.8 Å². The summed E-state index contributed by atoms with van der Waals surface area (Å²) in [6.45, 7) is 5.84. The van der Waals surface area contributed by atoms with Crippen LogP contribution in [0.25, 0.3) is 21.9 Å². The van der Waals surface area contributed by atoms with E-state index in [0.29, 0.717) is 0 Å². The third-order valence-corrected chi connectivity index (χ3v) is 4.73. The number of furan rings is 1. The van der Waals surface area contributed by atoms with Crippen LogP contribution >= 0.6 is 11.8 Å². The predicted octanol–water partition coefficient (Wildman–Crippen LogP) is 6.04. The number of benzene rings is 2. The lowest BCUT2D eigenvalue weighted by molar-refractivity contribution is 0.430. The molecule has 108 valence electrons. The zero-order valence-electron chi connectivity index (χ0n) is 12.1. The van der Waals surface area contributed by atoms with Gasteiger partial charge in [-0.15, -0.1) is 0 Å². The highest BCUT2D eigenvalue weighted by molar-refractivity contribution is 8.03. The molecule has 0 spiro atoms. The number of hydrogen-bond acceptors (Lipinski definition) is 3. The molecule has 0 radical (unpaired) electrons. The van der Waals surface area contributed by atoms with Gasteiger partial charge in [-0.05, 0) is 37.3 Å². The van der Waals surface area contributed by atoms with Gasteiger partial charge in [-0.25, -0.2) is 0 Å². The Labute approximate surface area is 132 Å². The molecule has 1 aliphatic rings. The van der Waals surface area contributed by atoms with E-state index in [2.05, 4.69) is 24.8 Å². The Morgan fingerprint density at radius 1 is 1.09 bits per heavy atom. The van der Waals surface area contributed by atoms with Crippen molar-refractivity contribution < 1.29 is 9.15 Å². The van der Waals surface area contributed by atoms with Gasteiger partial charge < -0.3 is 9.15 Å². The van der Waals surface area contributed by atoms with Crippen LogP contribution in [0.5, 0.6) is 5.75 Å². The molecule has 2 nitrogen and oxygen atoms in total. The van der Waals surface area contributed by atoms with E-state index in [-0.39, 0.29) is 0 Å². The number of ether oxygens (including phenoxy) is 1. The lowest BCUT2D eigenvalue weighted by Gasteiger charge is -2.19. The minimum atomic E-state index is 0.794. The normalized spacial score (nSPS) is 14.6. The minimum absolute atomic E-state index is 0.794. The number of rotatable bonds is 2. The van der Waals surface area contributed by atoms with Gasteiger partial charge >= 0.3 is 0 Å². The van der Waals surface area contributed by atoms with Crippen LogP contribution in [-0.2, 0) is 0 Å². The standard InChI is InChI=1S/C19H14O2S/c1-3-7-18-14(4-2)20-17-10-13-12-8-5-6-9-15(12)21-16(13)11-19(17)22-18/h3-11H,2H2,1H3/b7-3-. The molecule has 2 heterocycles. The van der Waals surface area contributed by atoms with Crippen molar-refractivity contribution in [2.75, 3.05) is 0 Å². The first kappa shape index (κ1) is 13.3. The van der Waals surface area contributed by atoms with E-state index in [1.165, 1.54) is 0 Å². The summed E-state index contributed by atoms with van der Waals surface area (Å²) >= 11 is 1.68. The summed E-state index contributed by atoms with van der Waals surface area (Å²) in [6, 6.07) is 12.2. The van der Waals surface area contributed by atoms with Gasteiger partial charge in [0.2, 0.25) is 0 Å². The van der Waals surface area contributed by atoms with E-state index in [1.807, 2.05) is 37.3 Å². The first-order chi connectivity index (χ1) is 10.8. The molecule has 0 N–H and O–H groups in total. The maximum absolute atomic E-state index is 6.02. The van der Waals surface area contributed by atoms with Crippen molar-refractivity contribution in [3.8, 4) is 5.75 Å². The molecule has 1 aromatic heterocycles. The summed E-state index contributed by atoms with van der Waals surface area (Å²) in [5.74, 6) is 1.65. The molecule has 0 bridgehead atoms. The summed E-state index contributed by atoms with van der Waals surface area (Å²) in [7, 11) is 0. The van der Waals surface area contributed by atoms with Gasteiger partial charge in [0.15, 0.2) is 0 Å². The van der Waals surface area contributed by atoms with E-state index in [9.17, 15) is 0 Å². The molecule has 3 aromatic rings. The largest absolute Gasteiger partial charge is 0.456 e. The molecule has 1 aliphatic heterocycles. The molecule has 22 heavy (non-hydrogen) atoms. The van der Waals surface area contributed by atoms with Crippen LogP contribution in [0.2, 0.25) is 0 Å². The summed E-state index contributed by atoms with van der Waals surface area (Å²) in [4.78, 5) is 2.12. The Hall–Kier alpha value is -2.39. The van der Waals surface area contributed by atoms with Crippen LogP contribution in [0.4, 0.5) is 0 Å². The predicted molar refractivity (Wildman–Crippen MR) is 92.2 cm³/mol. The van der Waals surface area contributed by atoms with Crippen molar-refractivity contribution in [2.45, 2.75) is 11.8 Å². The van der Waals surface area contributed by atoms with E-state index in [0.717, 1.165) is 43.2 Å². The van der Waals surface area contributed by atoms with Crippen LogP contribution in [-0.4, -0.2) is 0 Å². The molecule has 0 atom stereocenters. The first-order valence-electron chi connectivity index (χ1n) is 7.10. The number of para-hydroxylation sites is 1. The number of allylic oxidation sites excluding steroid dienone is 3. The average Bonchev–Trinajstić information content (AvgIpc) is 2.90. The maximum atomic E-state index is 6.02. The van der Waals surface area contributed by atoms with Crippen LogP contribution in [0.1, 0.15) is 6.92 Å². The van der Waals surface area contributed by atoms with Crippen molar-refractivity contribution in [3.05, 3.63) is 71.9 Å². The summed E-state index contributed by atoms with van der Waals surface area (Å²) in [5, 5.41) is 2.19. The molecular weight excluding hydrogens is 292 g/mol. The fraction of sp³-hybridized carbons (Fsp3) is 0.0526. The fourth-order valence-electron chi connectivity index (χ4n) is 2.64. The topological polar surface area (TPSA) is 22.4 Å². The van der Waals surface area contributed by atoms with Crippen molar-refractivity contribution in [2.24, 2.45) is 0 Å². The monoisotopic (exact) mass is 306 g/mol. The molecule has 0 fully saturated rings. The lowest BCUT2D eigenvalue weighted by atomic mass is 10.1. The molecule has 3 heteroatoms. The first-order valence-corrected chi connectivity index (χ1v) is 7.92. The minimum Gasteiger partial charge on any atom is -0.456 e. The van der Waals surface area contributed by atoms with Crippen LogP contribution < -0.4 is 4.74 Å². The third kappa shape index (κ3) is 1.97. The molecule has 0 saturated carbocycles. The van der Waals surface area contributed by atoms with Crippen molar-refractivity contribution >= 4 is 33.7 Å². The number of hydrogen-bond donors (Lipinski definition) is 0. The Kier molecular flexibility index (Phi) is 3.09. The smallest absolute Gasteiger partial charge is 0.142 e. The highest BCUT2D eigenvalue weighted by atomic mass is 32.2. The van der Waals surface area contributed by atoms with Gasteiger partial charge in [0.05, 0.1) is 9.80 Å². The zero-order valence-corrected chi connectivity index (χ0v) is 12.9. The van der Waals surface area contributed by atoms with Gasteiger partial charge in [-0.1, -0.05) is 42.6 Å². The average molecular weight is 306 g/mol. The van der Waals surface area contributed by atoms with Gasteiger partial charge in [-0.2, -0.15) is 0 Å². The highest BCUT2D eigenvalue weighted by Crippen LogP contribution is 2.45. The second-order valence-corrected chi connectivity index (χ2v) is 6.11. The Morgan fingerprint density at radius 2 is 1.95 bits per heavy atom. The SMILES string of the molecule is C=CC1=C(/C=C\C)Sc2cc3oc4ccccc4c3cc2O1. The Balaban J connectivity index is 1.93. The lowest BCUT2D eigenvalue weighted by Crippen LogP contribution is -2.01. The van der Waals surface area contributed by atoms with Crippen LogP contribution in [0, 0.1) is 0 Å². The molecule has 4 rings (SSSR count). The zero-order chi connectivity index (χ0) is 15.1. The van der Waals surface area contributed by atoms with Gasteiger partial charge in [-0.3, -0.25) is 0 Å². The second-order valence-electron chi connectivity index (χ2n) is 5.03. The van der Waals surface area contributed by atoms with E-state index >= 15 is 0 Å². The number of fused-ring (bicyclic) bond motifs is 4. The molecule has 2 aromatic carbocycles. The fourth-order valence-corrected chi connectivity index (χ4v) is 3.67.